The summed E-state index contributed by atoms with van der Waals surface area (Å²) >= 11 is 6.01. The first-order valence-corrected chi connectivity index (χ1v) is 12.7. The number of hydrogen-bond acceptors (Lipinski definition) is 3. The molecule has 0 saturated carbocycles. The molecule has 0 spiro atoms. The molecule has 3 heterocycles. The number of carboxylic acids is 1. The van der Waals surface area contributed by atoms with Gasteiger partial charge in [-0.05, 0) is 80.4 Å². The second-order valence-electron chi connectivity index (χ2n) is 9.65. The zero-order valence-corrected chi connectivity index (χ0v) is 20.4. The maximum atomic E-state index is 12.7. The molecule has 2 aliphatic rings. The lowest BCUT2D eigenvalue weighted by Gasteiger charge is -2.41. The Morgan fingerprint density at radius 2 is 1.74 bits per heavy atom. The number of nitrogens with zero attached hydrogens (tertiary/aromatic N) is 2. The fraction of sp³-hybridized carbons (Fsp3) is 0.407. The van der Waals surface area contributed by atoms with Gasteiger partial charge in [-0.3, -0.25) is 9.69 Å². The Morgan fingerprint density at radius 3 is 2.46 bits per heavy atom. The van der Waals surface area contributed by atoms with Crippen molar-refractivity contribution in [1.29, 1.82) is 0 Å². The van der Waals surface area contributed by atoms with Crippen LogP contribution in [0.3, 0.4) is 0 Å². The molecule has 1 aromatic heterocycles. The van der Waals surface area contributed by atoms with E-state index in [1.807, 2.05) is 6.07 Å². The molecule has 1 unspecified atom stereocenters. The van der Waals surface area contributed by atoms with Gasteiger partial charge in [0, 0.05) is 40.9 Å². The number of piperidine rings is 2. The van der Waals surface area contributed by atoms with E-state index in [4.69, 9.17) is 11.6 Å². The van der Waals surface area contributed by atoms with E-state index in [0.717, 1.165) is 31.4 Å². The van der Waals surface area contributed by atoms with Crippen molar-refractivity contribution in [3.05, 3.63) is 65.3 Å². The first kappa shape index (κ1) is 23.7. The molecule has 3 aromatic rings. The average Bonchev–Trinajstić information content (AvgIpc) is 3.29. The number of carbonyl (C=O) groups is 2. The summed E-state index contributed by atoms with van der Waals surface area (Å²) in [4.78, 5) is 32.3. The number of halogens is 1. The Labute approximate surface area is 210 Å². The van der Waals surface area contributed by atoms with Gasteiger partial charge in [-0.2, -0.15) is 0 Å². The predicted molar refractivity (Wildman–Crippen MR) is 138 cm³/mol. The summed E-state index contributed by atoms with van der Waals surface area (Å²) in [6.45, 7) is 2.65. The molecule has 0 radical (unpaired) electrons. The molecule has 8 heteroatoms. The van der Waals surface area contributed by atoms with Gasteiger partial charge in [0.05, 0.1) is 0 Å². The molecule has 3 N–H and O–H groups in total. The van der Waals surface area contributed by atoms with Crippen molar-refractivity contribution in [2.75, 3.05) is 31.5 Å². The lowest BCUT2D eigenvalue weighted by atomic mass is 9.84. The summed E-state index contributed by atoms with van der Waals surface area (Å²) in [5.74, 6) is -0.279. The highest BCUT2D eigenvalue weighted by Gasteiger charge is 2.38. The summed E-state index contributed by atoms with van der Waals surface area (Å²) in [5.41, 5.74) is 3.15. The standard InChI is InChI=1S/C27H31ClN4O3/c28-20-4-3-5-21(16-20)30-27(35)32-14-10-19(11-15-32)25(26(33)34)31-12-8-18(9-13-31)23-17-29-24-7-2-1-6-22(23)24/h1-7,16-19,25,29H,8-15H2,(H,30,35)(H,33,34). The van der Waals surface area contributed by atoms with E-state index >= 15 is 0 Å². The molecule has 2 amide bonds. The number of carbonyl (C=O) groups excluding carboxylic acids is 1. The van der Waals surface area contributed by atoms with Gasteiger partial charge in [0.25, 0.3) is 0 Å². The third-order valence-corrected chi connectivity index (χ3v) is 7.82. The second kappa shape index (κ2) is 10.3. The first-order valence-electron chi connectivity index (χ1n) is 12.3. The number of urea groups is 1. The lowest BCUT2D eigenvalue weighted by molar-refractivity contribution is -0.146. The molecule has 0 bridgehead atoms. The lowest BCUT2D eigenvalue weighted by Crippen LogP contribution is -2.52. The number of para-hydroxylation sites is 1. The number of rotatable bonds is 5. The predicted octanol–water partition coefficient (Wildman–Crippen LogP) is 5.40. The van der Waals surface area contributed by atoms with Gasteiger partial charge in [0.2, 0.25) is 0 Å². The number of likely N-dealkylation sites (tertiary alicyclic amines) is 2. The number of carboxylic acid groups (broad SMARTS) is 1. The molecule has 184 valence electrons. The van der Waals surface area contributed by atoms with E-state index in [9.17, 15) is 14.7 Å². The Balaban J connectivity index is 1.17. The number of hydrogen-bond donors (Lipinski definition) is 3. The van der Waals surface area contributed by atoms with E-state index in [-0.39, 0.29) is 11.9 Å². The van der Waals surface area contributed by atoms with E-state index in [0.29, 0.717) is 42.6 Å². The van der Waals surface area contributed by atoms with Crippen LogP contribution >= 0.6 is 11.6 Å². The van der Waals surface area contributed by atoms with Gasteiger partial charge >= 0.3 is 12.0 Å². The molecule has 2 saturated heterocycles. The number of aliphatic carboxylic acids is 1. The van der Waals surface area contributed by atoms with Crippen molar-refractivity contribution >= 4 is 40.2 Å². The number of fused-ring (bicyclic) bond motifs is 1. The number of benzene rings is 2. The van der Waals surface area contributed by atoms with Gasteiger partial charge in [-0.15, -0.1) is 0 Å². The number of aromatic nitrogens is 1. The fourth-order valence-corrected chi connectivity index (χ4v) is 5.95. The number of anilines is 1. The quantitative estimate of drug-likeness (QED) is 0.443. The van der Waals surface area contributed by atoms with Crippen LogP contribution in [0, 0.1) is 5.92 Å². The summed E-state index contributed by atoms with van der Waals surface area (Å²) in [7, 11) is 0. The van der Waals surface area contributed by atoms with Gasteiger partial charge in [-0.25, -0.2) is 4.79 Å². The maximum absolute atomic E-state index is 12.7. The molecule has 35 heavy (non-hydrogen) atoms. The van der Waals surface area contributed by atoms with E-state index in [1.165, 1.54) is 10.9 Å². The van der Waals surface area contributed by atoms with Crippen LogP contribution in [-0.2, 0) is 4.79 Å². The molecule has 2 aliphatic heterocycles. The molecule has 0 aliphatic carbocycles. The van der Waals surface area contributed by atoms with Crippen molar-refractivity contribution < 1.29 is 14.7 Å². The van der Waals surface area contributed by atoms with Crippen LogP contribution in [0.15, 0.2) is 54.7 Å². The second-order valence-corrected chi connectivity index (χ2v) is 10.1. The fourth-order valence-electron chi connectivity index (χ4n) is 5.76. The smallest absolute Gasteiger partial charge is 0.321 e. The number of H-pyrrole nitrogens is 1. The van der Waals surface area contributed by atoms with E-state index in [2.05, 4.69) is 39.6 Å². The monoisotopic (exact) mass is 494 g/mol. The van der Waals surface area contributed by atoms with Crippen LogP contribution in [-0.4, -0.2) is 64.1 Å². The number of amides is 2. The minimum atomic E-state index is -0.752. The summed E-state index contributed by atoms with van der Waals surface area (Å²) in [5, 5.41) is 14.8. The Hall–Kier alpha value is -3.03. The number of nitrogens with one attached hydrogen (secondary N) is 2. The van der Waals surface area contributed by atoms with Crippen LogP contribution < -0.4 is 5.32 Å². The van der Waals surface area contributed by atoms with Crippen LogP contribution in [0.25, 0.3) is 10.9 Å². The zero-order valence-electron chi connectivity index (χ0n) is 19.6. The average molecular weight is 495 g/mol. The third kappa shape index (κ3) is 5.16. The molecular weight excluding hydrogens is 464 g/mol. The highest BCUT2D eigenvalue weighted by atomic mass is 35.5. The SMILES string of the molecule is O=C(O)C(C1CCN(C(=O)Nc2cccc(Cl)c2)CC1)N1CCC(c2c[nH]c3ccccc23)CC1. The van der Waals surface area contributed by atoms with Crippen LogP contribution in [0.5, 0.6) is 0 Å². The van der Waals surface area contributed by atoms with Crippen molar-refractivity contribution in [2.45, 2.75) is 37.6 Å². The van der Waals surface area contributed by atoms with Crippen LogP contribution in [0.1, 0.15) is 37.2 Å². The van der Waals surface area contributed by atoms with E-state index in [1.54, 1.807) is 29.2 Å². The minimum absolute atomic E-state index is 0.0346. The third-order valence-electron chi connectivity index (χ3n) is 7.59. The van der Waals surface area contributed by atoms with Gasteiger partial charge in [0.15, 0.2) is 0 Å². The largest absolute Gasteiger partial charge is 0.480 e. The van der Waals surface area contributed by atoms with Crippen LogP contribution in [0.4, 0.5) is 10.5 Å². The molecule has 5 rings (SSSR count). The Bertz CT molecular complexity index is 1200. The van der Waals surface area contributed by atoms with Gasteiger partial charge in [0.1, 0.15) is 6.04 Å². The summed E-state index contributed by atoms with van der Waals surface area (Å²) in [6.07, 6.45) is 5.38. The van der Waals surface area contributed by atoms with Gasteiger partial charge < -0.3 is 20.3 Å². The van der Waals surface area contributed by atoms with Crippen molar-refractivity contribution in [1.82, 2.24) is 14.8 Å². The Morgan fingerprint density at radius 1 is 1.00 bits per heavy atom. The zero-order chi connectivity index (χ0) is 24.4. The van der Waals surface area contributed by atoms with Crippen molar-refractivity contribution in [3.8, 4) is 0 Å². The highest BCUT2D eigenvalue weighted by molar-refractivity contribution is 6.30. The Kier molecular flexibility index (Phi) is 6.97. The summed E-state index contributed by atoms with van der Waals surface area (Å²) in [6, 6.07) is 14.8. The van der Waals surface area contributed by atoms with Crippen LogP contribution in [0.2, 0.25) is 5.02 Å². The van der Waals surface area contributed by atoms with Crippen molar-refractivity contribution in [3.63, 3.8) is 0 Å². The maximum Gasteiger partial charge on any atom is 0.321 e. The highest BCUT2D eigenvalue weighted by Crippen LogP contribution is 2.35. The van der Waals surface area contributed by atoms with Crippen molar-refractivity contribution in [2.24, 2.45) is 5.92 Å². The minimum Gasteiger partial charge on any atom is -0.480 e. The first-order chi connectivity index (χ1) is 17.0. The molecule has 2 aromatic carbocycles. The summed E-state index contributed by atoms with van der Waals surface area (Å²) < 4.78 is 0. The molecular formula is C27H31ClN4O3. The number of aromatic amines is 1. The van der Waals surface area contributed by atoms with E-state index < -0.39 is 12.0 Å². The van der Waals surface area contributed by atoms with Gasteiger partial charge in [-0.1, -0.05) is 35.9 Å². The normalized spacial score (nSPS) is 19.1. The topological polar surface area (TPSA) is 88.7 Å². The molecule has 1 atom stereocenters. The molecule has 2 fully saturated rings. The molecule has 7 nitrogen and oxygen atoms in total.